The molecule has 2 atom stereocenters. The number of nitrogens with one attached hydrogen (secondary N) is 1. The van der Waals surface area contributed by atoms with Gasteiger partial charge in [-0.15, -0.1) is 11.3 Å². The highest BCUT2D eigenvalue weighted by Crippen LogP contribution is 2.23. The number of hydrogen-bond acceptors (Lipinski definition) is 2. The summed E-state index contributed by atoms with van der Waals surface area (Å²) in [5.41, 5.74) is 1.44. The van der Waals surface area contributed by atoms with E-state index in [0.717, 1.165) is 13.0 Å². The average molecular weight is 287 g/mol. The standard InChI is InChI=1S/C18H25NS/c1-14(2)18(16-8-5-4-6-9-16)13-19-15(3)12-17-10-7-11-20-17/h4-11,14-15,18-19H,12-13H2,1-3H3. The van der Waals surface area contributed by atoms with Crippen molar-refractivity contribution in [2.24, 2.45) is 5.92 Å². The van der Waals surface area contributed by atoms with Gasteiger partial charge in [0.05, 0.1) is 0 Å². The van der Waals surface area contributed by atoms with Crippen molar-refractivity contribution in [2.75, 3.05) is 6.54 Å². The summed E-state index contributed by atoms with van der Waals surface area (Å²) in [7, 11) is 0. The van der Waals surface area contributed by atoms with Gasteiger partial charge in [-0.25, -0.2) is 0 Å². The van der Waals surface area contributed by atoms with Gasteiger partial charge in [-0.3, -0.25) is 0 Å². The quantitative estimate of drug-likeness (QED) is 0.777. The highest BCUT2D eigenvalue weighted by Gasteiger charge is 2.16. The molecule has 1 nitrogen and oxygen atoms in total. The first-order valence-corrected chi connectivity index (χ1v) is 8.35. The zero-order valence-corrected chi connectivity index (χ0v) is 13.5. The van der Waals surface area contributed by atoms with E-state index < -0.39 is 0 Å². The molecule has 0 aliphatic carbocycles. The first-order chi connectivity index (χ1) is 9.66. The molecule has 0 bridgehead atoms. The van der Waals surface area contributed by atoms with Gasteiger partial charge in [0, 0.05) is 17.5 Å². The van der Waals surface area contributed by atoms with Crippen LogP contribution in [0.15, 0.2) is 47.8 Å². The molecule has 0 fully saturated rings. The monoisotopic (exact) mass is 287 g/mol. The van der Waals surface area contributed by atoms with Crippen molar-refractivity contribution < 1.29 is 0 Å². The Morgan fingerprint density at radius 2 is 1.75 bits per heavy atom. The summed E-state index contributed by atoms with van der Waals surface area (Å²) in [6, 6.07) is 15.7. The molecule has 0 saturated carbocycles. The molecule has 0 aliphatic rings. The number of hydrogen-bond donors (Lipinski definition) is 1. The van der Waals surface area contributed by atoms with E-state index in [2.05, 4.69) is 73.9 Å². The summed E-state index contributed by atoms with van der Waals surface area (Å²) in [4.78, 5) is 1.46. The van der Waals surface area contributed by atoms with Crippen LogP contribution in [0, 0.1) is 5.92 Å². The van der Waals surface area contributed by atoms with Crippen LogP contribution in [0.4, 0.5) is 0 Å². The van der Waals surface area contributed by atoms with Crippen LogP contribution in [0.1, 0.15) is 37.1 Å². The molecular formula is C18H25NS. The third-order valence-electron chi connectivity index (χ3n) is 3.81. The van der Waals surface area contributed by atoms with Crippen LogP contribution in [0.3, 0.4) is 0 Å². The normalized spacial score (nSPS) is 14.4. The Labute approximate surface area is 127 Å². The van der Waals surface area contributed by atoms with Crippen molar-refractivity contribution in [3.63, 3.8) is 0 Å². The van der Waals surface area contributed by atoms with Crippen LogP contribution in [0.5, 0.6) is 0 Å². The first kappa shape index (κ1) is 15.3. The summed E-state index contributed by atoms with van der Waals surface area (Å²) in [5, 5.41) is 5.86. The second-order valence-electron chi connectivity index (χ2n) is 5.85. The minimum absolute atomic E-state index is 0.526. The van der Waals surface area contributed by atoms with Crippen molar-refractivity contribution in [1.82, 2.24) is 5.32 Å². The van der Waals surface area contributed by atoms with Crippen molar-refractivity contribution in [3.05, 3.63) is 58.3 Å². The smallest absolute Gasteiger partial charge is 0.00872 e. The maximum Gasteiger partial charge on any atom is 0.00872 e. The molecule has 2 aromatic rings. The van der Waals surface area contributed by atoms with E-state index in [1.54, 1.807) is 0 Å². The zero-order valence-electron chi connectivity index (χ0n) is 12.7. The molecule has 20 heavy (non-hydrogen) atoms. The Balaban J connectivity index is 1.89. The van der Waals surface area contributed by atoms with Gasteiger partial charge >= 0.3 is 0 Å². The van der Waals surface area contributed by atoms with Gasteiger partial charge in [-0.05, 0) is 42.2 Å². The van der Waals surface area contributed by atoms with E-state index in [-0.39, 0.29) is 0 Å². The summed E-state index contributed by atoms with van der Waals surface area (Å²) < 4.78 is 0. The van der Waals surface area contributed by atoms with Gasteiger partial charge in [0.25, 0.3) is 0 Å². The molecule has 1 N–H and O–H groups in total. The van der Waals surface area contributed by atoms with Crippen LogP contribution < -0.4 is 5.32 Å². The van der Waals surface area contributed by atoms with Gasteiger partial charge in [0.1, 0.15) is 0 Å². The molecule has 0 spiro atoms. The topological polar surface area (TPSA) is 12.0 Å². The highest BCUT2D eigenvalue weighted by atomic mass is 32.1. The molecule has 1 heterocycles. The predicted molar refractivity (Wildman–Crippen MR) is 89.5 cm³/mol. The lowest BCUT2D eigenvalue weighted by Gasteiger charge is -2.24. The van der Waals surface area contributed by atoms with E-state index in [1.807, 2.05) is 11.3 Å². The Bertz CT molecular complexity index is 475. The number of rotatable bonds is 7. The Hall–Kier alpha value is -1.12. The molecule has 0 saturated heterocycles. The molecule has 2 unspecified atom stereocenters. The number of benzene rings is 1. The molecule has 0 radical (unpaired) electrons. The van der Waals surface area contributed by atoms with E-state index in [9.17, 15) is 0 Å². The fraction of sp³-hybridized carbons (Fsp3) is 0.444. The van der Waals surface area contributed by atoms with Gasteiger partial charge in [-0.2, -0.15) is 0 Å². The third-order valence-corrected chi connectivity index (χ3v) is 4.70. The molecule has 0 amide bonds. The fourth-order valence-corrected chi connectivity index (χ4v) is 3.40. The first-order valence-electron chi connectivity index (χ1n) is 7.47. The minimum Gasteiger partial charge on any atom is -0.313 e. The molecule has 2 rings (SSSR count). The van der Waals surface area contributed by atoms with Crippen LogP contribution >= 0.6 is 11.3 Å². The lowest BCUT2D eigenvalue weighted by Crippen LogP contribution is -2.33. The minimum atomic E-state index is 0.526. The molecular weight excluding hydrogens is 262 g/mol. The van der Waals surface area contributed by atoms with E-state index in [1.165, 1.54) is 10.4 Å². The second-order valence-corrected chi connectivity index (χ2v) is 6.89. The summed E-state index contributed by atoms with van der Waals surface area (Å²) in [5.74, 6) is 1.24. The second kappa shape index (κ2) is 7.61. The average Bonchev–Trinajstić information content (AvgIpc) is 2.92. The zero-order chi connectivity index (χ0) is 14.4. The van der Waals surface area contributed by atoms with Gasteiger partial charge in [0.15, 0.2) is 0 Å². The van der Waals surface area contributed by atoms with Crippen LogP contribution in [-0.4, -0.2) is 12.6 Å². The highest BCUT2D eigenvalue weighted by molar-refractivity contribution is 7.09. The lowest BCUT2D eigenvalue weighted by molar-refractivity contribution is 0.431. The lowest BCUT2D eigenvalue weighted by atomic mass is 9.88. The SMILES string of the molecule is CC(Cc1cccs1)NCC(c1ccccc1)C(C)C. The number of thiophene rings is 1. The van der Waals surface area contributed by atoms with E-state index in [4.69, 9.17) is 0 Å². The van der Waals surface area contributed by atoms with Gasteiger partial charge < -0.3 is 5.32 Å². The summed E-state index contributed by atoms with van der Waals surface area (Å²) in [6.07, 6.45) is 1.12. The van der Waals surface area contributed by atoms with Gasteiger partial charge in [0.2, 0.25) is 0 Å². The van der Waals surface area contributed by atoms with Crippen molar-refractivity contribution >= 4 is 11.3 Å². The van der Waals surface area contributed by atoms with Crippen molar-refractivity contribution in [1.29, 1.82) is 0 Å². The largest absolute Gasteiger partial charge is 0.313 e. The van der Waals surface area contributed by atoms with E-state index >= 15 is 0 Å². The molecule has 1 aromatic heterocycles. The molecule has 2 heteroatoms. The Morgan fingerprint density at radius 1 is 1.00 bits per heavy atom. The fourth-order valence-electron chi connectivity index (χ4n) is 2.57. The molecule has 1 aromatic carbocycles. The predicted octanol–water partition coefficient (Wildman–Crippen LogP) is 4.71. The maximum atomic E-state index is 3.71. The summed E-state index contributed by atoms with van der Waals surface area (Å²) in [6.45, 7) is 7.95. The van der Waals surface area contributed by atoms with E-state index in [0.29, 0.717) is 17.9 Å². The van der Waals surface area contributed by atoms with Gasteiger partial charge in [-0.1, -0.05) is 50.2 Å². The van der Waals surface area contributed by atoms with Crippen molar-refractivity contribution in [2.45, 2.75) is 39.2 Å². The Morgan fingerprint density at radius 3 is 2.35 bits per heavy atom. The molecule has 0 aliphatic heterocycles. The van der Waals surface area contributed by atoms with Crippen molar-refractivity contribution in [3.8, 4) is 0 Å². The third kappa shape index (κ3) is 4.46. The van der Waals surface area contributed by atoms with Crippen LogP contribution in [0.25, 0.3) is 0 Å². The summed E-state index contributed by atoms with van der Waals surface area (Å²) >= 11 is 1.85. The van der Waals surface area contributed by atoms with Crippen LogP contribution in [0.2, 0.25) is 0 Å². The maximum absolute atomic E-state index is 3.71. The van der Waals surface area contributed by atoms with Crippen LogP contribution in [-0.2, 0) is 6.42 Å². The molecule has 108 valence electrons. The Kier molecular flexibility index (Phi) is 5.81.